The summed E-state index contributed by atoms with van der Waals surface area (Å²) in [5.74, 6) is 0.831. The van der Waals surface area contributed by atoms with Crippen molar-refractivity contribution in [3.8, 4) is 0 Å². The van der Waals surface area contributed by atoms with Gasteiger partial charge in [-0.1, -0.05) is 22.4 Å². The number of alkyl halides is 1. The molecule has 2 aliphatic heterocycles. The van der Waals surface area contributed by atoms with Crippen LogP contribution in [-0.2, 0) is 14.3 Å². The number of carbonyl (C=O) groups excluding carboxylic acids is 2. The van der Waals surface area contributed by atoms with Gasteiger partial charge >= 0.3 is 12.0 Å². The van der Waals surface area contributed by atoms with Crippen molar-refractivity contribution in [3.05, 3.63) is 0 Å². The molecule has 0 aliphatic carbocycles. The average Bonchev–Trinajstić information content (AvgIpc) is 3.10. The minimum atomic E-state index is -0.146. The third kappa shape index (κ3) is 6.80. The Kier molecular flexibility index (Phi) is 9.27. The van der Waals surface area contributed by atoms with Gasteiger partial charge in [-0.2, -0.15) is 11.8 Å². The predicted molar refractivity (Wildman–Crippen MR) is 98.8 cm³/mol. The molecule has 3 atom stereocenters. The number of halogens is 1. The van der Waals surface area contributed by atoms with Crippen LogP contribution in [0.1, 0.15) is 38.5 Å². The second kappa shape index (κ2) is 11.2. The number of unbranched alkanes of at least 4 members (excludes halogenated alkanes) is 2. The lowest BCUT2D eigenvalue weighted by Gasteiger charge is -2.16. The molecule has 0 bridgehead atoms. The Labute approximate surface area is 156 Å². The molecule has 0 saturated carbocycles. The normalized spacial score (nSPS) is 25.2. The Balaban J connectivity index is 1.43. The topological polar surface area (TPSA) is 76.7 Å². The van der Waals surface area contributed by atoms with Gasteiger partial charge in [0.25, 0.3) is 0 Å². The van der Waals surface area contributed by atoms with Crippen LogP contribution in [0.5, 0.6) is 0 Å². The quantitative estimate of drug-likeness (QED) is 0.218. The van der Waals surface area contributed by atoms with Crippen molar-refractivity contribution >= 4 is 39.7 Å². The highest BCUT2D eigenvalue weighted by Gasteiger charge is 2.42. The molecule has 2 amide bonds. The smallest absolute Gasteiger partial charge is 0.315 e. The van der Waals surface area contributed by atoms with Gasteiger partial charge in [-0.15, -0.1) is 0 Å². The number of esters is 1. The Morgan fingerprint density at radius 1 is 1.17 bits per heavy atom. The second-order valence-electron chi connectivity index (χ2n) is 6.10. The molecule has 2 rings (SSSR count). The number of thioether (sulfide) groups is 1. The lowest BCUT2D eigenvalue weighted by molar-refractivity contribution is -0.145. The highest BCUT2D eigenvalue weighted by molar-refractivity contribution is 9.09. The number of rotatable bonds is 12. The van der Waals surface area contributed by atoms with Crippen LogP contribution >= 0.6 is 27.7 Å². The fraction of sp³-hybridized carbons (Fsp3) is 0.875. The van der Waals surface area contributed by atoms with E-state index in [1.165, 1.54) is 0 Å². The van der Waals surface area contributed by atoms with E-state index in [2.05, 4.69) is 26.6 Å². The maximum absolute atomic E-state index is 11.6. The van der Waals surface area contributed by atoms with Crippen molar-refractivity contribution in [2.24, 2.45) is 0 Å². The number of amides is 2. The molecule has 2 aliphatic rings. The number of hydrogen-bond acceptors (Lipinski definition) is 5. The second-order valence-corrected chi connectivity index (χ2v) is 8.16. The van der Waals surface area contributed by atoms with Crippen LogP contribution in [0, 0.1) is 0 Å². The van der Waals surface area contributed by atoms with E-state index in [-0.39, 0.29) is 24.1 Å². The third-order valence-corrected chi connectivity index (χ3v) is 6.29. The van der Waals surface area contributed by atoms with Gasteiger partial charge in [0.05, 0.1) is 18.7 Å². The van der Waals surface area contributed by atoms with Crippen LogP contribution in [0.2, 0.25) is 0 Å². The van der Waals surface area contributed by atoms with Gasteiger partial charge in [0, 0.05) is 29.4 Å². The standard InChI is InChI=1S/C16H27BrN2O4S/c17-7-3-4-8-22-9-10-23-14(20)6-2-1-5-13-15-12(11-24-13)18-16(21)19-15/h12-13,15H,1-11H2,(H2,18,19,21)/t12-,13-,15-/m0/s1. The lowest BCUT2D eigenvalue weighted by atomic mass is 10.0. The summed E-state index contributed by atoms with van der Waals surface area (Å²) >= 11 is 5.28. The van der Waals surface area contributed by atoms with Crippen molar-refractivity contribution in [1.29, 1.82) is 0 Å². The number of ether oxygens (including phenoxy) is 2. The molecule has 24 heavy (non-hydrogen) atoms. The summed E-state index contributed by atoms with van der Waals surface area (Å²) in [6, 6.07) is 0.469. The number of hydrogen-bond donors (Lipinski definition) is 2. The molecule has 6 nitrogen and oxygen atoms in total. The summed E-state index contributed by atoms with van der Waals surface area (Å²) in [4.78, 5) is 23.0. The summed E-state index contributed by atoms with van der Waals surface area (Å²) in [5, 5.41) is 7.38. The molecule has 0 aromatic rings. The fourth-order valence-electron chi connectivity index (χ4n) is 2.95. The Bertz CT molecular complexity index is 414. The van der Waals surface area contributed by atoms with E-state index in [1.807, 2.05) is 11.8 Å². The van der Waals surface area contributed by atoms with Crippen molar-refractivity contribution in [2.75, 3.05) is 30.9 Å². The fourth-order valence-corrected chi connectivity index (χ4v) is 4.89. The predicted octanol–water partition coefficient (Wildman–Crippen LogP) is 2.45. The van der Waals surface area contributed by atoms with Gasteiger partial charge < -0.3 is 20.1 Å². The molecule has 2 saturated heterocycles. The molecule has 8 heteroatoms. The highest BCUT2D eigenvalue weighted by Crippen LogP contribution is 2.33. The molecule has 0 unspecified atom stereocenters. The Hall–Kier alpha value is -0.470. The first-order chi connectivity index (χ1) is 11.7. The van der Waals surface area contributed by atoms with E-state index in [4.69, 9.17) is 9.47 Å². The molecular weight excluding hydrogens is 396 g/mol. The van der Waals surface area contributed by atoms with E-state index in [0.717, 1.165) is 49.8 Å². The third-order valence-electron chi connectivity index (χ3n) is 4.22. The Morgan fingerprint density at radius 2 is 2.04 bits per heavy atom. The van der Waals surface area contributed by atoms with Gasteiger partial charge in [0.15, 0.2) is 0 Å². The molecule has 2 fully saturated rings. The average molecular weight is 423 g/mol. The summed E-state index contributed by atoms with van der Waals surface area (Å²) in [7, 11) is 0. The SMILES string of the molecule is O=C1N[C@H]2[C@H](CS[C@H]2CCCCC(=O)OCCOCCCCBr)N1. The first kappa shape index (κ1) is 19.8. The number of nitrogens with one attached hydrogen (secondary N) is 2. The van der Waals surface area contributed by atoms with E-state index in [9.17, 15) is 9.59 Å². The van der Waals surface area contributed by atoms with Crippen molar-refractivity contribution in [2.45, 2.75) is 55.9 Å². The first-order valence-electron chi connectivity index (χ1n) is 8.68. The lowest BCUT2D eigenvalue weighted by Crippen LogP contribution is -2.36. The van der Waals surface area contributed by atoms with E-state index in [0.29, 0.717) is 24.9 Å². The minimum Gasteiger partial charge on any atom is -0.463 e. The highest BCUT2D eigenvalue weighted by atomic mass is 79.9. The monoisotopic (exact) mass is 422 g/mol. The zero-order valence-corrected chi connectivity index (χ0v) is 16.3. The van der Waals surface area contributed by atoms with Gasteiger partial charge in [-0.25, -0.2) is 4.79 Å². The zero-order chi connectivity index (χ0) is 17.2. The van der Waals surface area contributed by atoms with Crippen LogP contribution in [0.3, 0.4) is 0 Å². The molecule has 0 radical (unpaired) electrons. The molecule has 0 spiro atoms. The van der Waals surface area contributed by atoms with E-state index >= 15 is 0 Å². The number of carbonyl (C=O) groups is 2. The summed E-state index contributed by atoms with van der Waals surface area (Å²) in [5.41, 5.74) is 0. The van der Waals surface area contributed by atoms with Gasteiger partial charge in [-0.05, 0) is 25.7 Å². The summed E-state index contributed by atoms with van der Waals surface area (Å²) in [6.45, 7) is 1.53. The maximum atomic E-state index is 11.6. The number of fused-ring (bicyclic) bond motifs is 1. The number of urea groups is 1. The Morgan fingerprint density at radius 3 is 2.88 bits per heavy atom. The van der Waals surface area contributed by atoms with Crippen LogP contribution < -0.4 is 10.6 Å². The van der Waals surface area contributed by atoms with Crippen LogP contribution in [0.15, 0.2) is 0 Å². The maximum Gasteiger partial charge on any atom is 0.315 e. The van der Waals surface area contributed by atoms with Crippen LogP contribution in [-0.4, -0.2) is 60.2 Å². The van der Waals surface area contributed by atoms with Crippen molar-refractivity contribution < 1.29 is 19.1 Å². The largest absolute Gasteiger partial charge is 0.463 e. The van der Waals surface area contributed by atoms with Crippen molar-refractivity contribution in [1.82, 2.24) is 10.6 Å². The molecule has 0 aromatic heterocycles. The molecule has 0 aromatic carbocycles. The van der Waals surface area contributed by atoms with Crippen LogP contribution in [0.25, 0.3) is 0 Å². The van der Waals surface area contributed by atoms with Gasteiger partial charge in [0.1, 0.15) is 6.61 Å². The molecular formula is C16H27BrN2O4S. The van der Waals surface area contributed by atoms with Crippen LogP contribution in [0.4, 0.5) is 4.79 Å². The molecule has 2 N–H and O–H groups in total. The molecule has 2 heterocycles. The van der Waals surface area contributed by atoms with Crippen molar-refractivity contribution in [3.63, 3.8) is 0 Å². The van der Waals surface area contributed by atoms with Gasteiger partial charge in [-0.3, -0.25) is 4.79 Å². The zero-order valence-electron chi connectivity index (χ0n) is 13.9. The summed E-state index contributed by atoms with van der Waals surface area (Å²) in [6.07, 6.45) is 5.42. The van der Waals surface area contributed by atoms with E-state index in [1.54, 1.807) is 0 Å². The van der Waals surface area contributed by atoms with E-state index < -0.39 is 0 Å². The first-order valence-corrected chi connectivity index (χ1v) is 10.9. The van der Waals surface area contributed by atoms with Gasteiger partial charge in [0.2, 0.25) is 0 Å². The molecule has 138 valence electrons. The minimum absolute atomic E-state index is 0.0479. The summed E-state index contributed by atoms with van der Waals surface area (Å²) < 4.78 is 10.5.